The van der Waals surface area contributed by atoms with Gasteiger partial charge in [-0.05, 0) is 11.8 Å². The van der Waals surface area contributed by atoms with Crippen molar-refractivity contribution in [1.29, 1.82) is 0 Å². The molecule has 0 aliphatic heterocycles. The molecule has 1 rings (SSSR count). The van der Waals surface area contributed by atoms with E-state index in [1.165, 1.54) is 0 Å². The number of nitrogens with two attached hydrogens (primary N) is 1. The highest BCUT2D eigenvalue weighted by Gasteiger charge is 2.33. The van der Waals surface area contributed by atoms with E-state index < -0.39 is 0 Å². The van der Waals surface area contributed by atoms with Crippen molar-refractivity contribution in [1.82, 2.24) is 14.8 Å². The van der Waals surface area contributed by atoms with Crippen molar-refractivity contribution in [3.63, 3.8) is 0 Å². The Bertz CT molecular complexity index is 376. The van der Waals surface area contributed by atoms with Crippen LogP contribution < -0.4 is 5.73 Å². The Morgan fingerprint density at radius 1 is 1.17 bits per heavy atom. The number of nitrogens with zero attached hydrogens (tertiary/aromatic N) is 3. The highest BCUT2D eigenvalue weighted by atomic mass is 15.4. The zero-order chi connectivity index (χ0) is 13.9. The van der Waals surface area contributed by atoms with Crippen molar-refractivity contribution in [2.45, 2.75) is 72.9 Å². The molecule has 1 aromatic rings. The lowest BCUT2D eigenvalue weighted by Crippen LogP contribution is -2.41. The van der Waals surface area contributed by atoms with Gasteiger partial charge in [0, 0.05) is 18.9 Å². The third-order valence-corrected chi connectivity index (χ3v) is 3.41. The van der Waals surface area contributed by atoms with Gasteiger partial charge in [0.25, 0.3) is 0 Å². The topological polar surface area (TPSA) is 56.7 Å². The predicted molar refractivity (Wildman–Crippen MR) is 75.5 cm³/mol. The maximum absolute atomic E-state index is 6.32. The van der Waals surface area contributed by atoms with Gasteiger partial charge in [0.15, 0.2) is 5.82 Å². The van der Waals surface area contributed by atoms with Crippen LogP contribution in [0.2, 0.25) is 0 Å². The fourth-order valence-corrected chi connectivity index (χ4v) is 2.43. The molecule has 0 amide bonds. The van der Waals surface area contributed by atoms with E-state index in [9.17, 15) is 0 Å². The second-order valence-electron chi connectivity index (χ2n) is 5.98. The molecule has 0 bridgehead atoms. The minimum Gasteiger partial charge on any atom is -0.326 e. The molecular weight excluding hydrogens is 224 g/mol. The lowest BCUT2D eigenvalue weighted by Gasteiger charge is -2.35. The van der Waals surface area contributed by atoms with Crippen molar-refractivity contribution in [2.75, 3.05) is 0 Å². The van der Waals surface area contributed by atoms with Crippen molar-refractivity contribution >= 4 is 0 Å². The summed E-state index contributed by atoms with van der Waals surface area (Å²) in [6.07, 6.45) is 2.72. The van der Waals surface area contributed by atoms with Gasteiger partial charge in [0.05, 0.1) is 6.04 Å². The molecule has 104 valence electrons. The summed E-state index contributed by atoms with van der Waals surface area (Å²) in [5, 5.41) is 4.66. The van der Waals surface area contributed by atoms with Gasteiger partial charge in [-0.15, -0.1) is 0 Å². The summed E-state index contributed by atoms with van der Waals surface area (Å²) in [5.41, 5.74) is 6.40. The molecular formula is C14H28N4. The Morgan fingerprint density at radius 2 is 1.78 bits per heavy atom. The van der Waals surface area contributed by atoms with Crippen molar-refractivity contribution < 1.29 is 0 Å². The molecule has 1 heterocycles. The minimum absolute atomic E-state index is 0.0814. The molecule has 0 aliphatic rings. The lowest BCUT2D eigenvalue weighted by molar-refractivity contribution is 0.181. The average Bonchev–Trinajstić information content (AvgIpc) is 2.70. The number of hydrogen-bond donors (Lipinski definition) is 1. The Kier molecular flexibility index (Phi) is 4.91. The molecule has 0 aliphatic carbocycles. The van der Waals surface area contributed by atoms with Crippen LogP contribution in [-0.2, 0) is 12.8 Å². The summed E-state index contributed by atoms with van der Waals surface area (Å²) in [4.78, 5) is 4.59. The smallest absolute Gasteiger partial charge is 0.150 e. The summed E-state index contributed by atoms with van der Waals surface area (Å²) >= 11 is 0. The Hall–Kier alpha value is -0.900. The van der Waals surface area contributed by atoms with Crippen LogP contribution in [0.1, 0.15) is 65.7 Å². The predicted octanol–water partition coefficient (Wildman–Crippen LogP) is 2.73. The summed E-state index contributed by atoms with van der Waals surface area (Å²) in [6.45, 7) is 13.0. The summed E-state index contributed by atoms with van der Waals surface area (Å²) in [7, 11) is 0. The largest absolute Gasteiger partial charge is 0.326 e. The first-order valence-corrected chi connectivity index (χ1v) is 7.04. The molecule has 0 spiro atoms. The van der Waals surface area contributed by atoms with Gasteiger partial charge in [-0.3, -0.25) is 0 Å². The van der Waals surface area contributed by atoms with Crippen LogP contribution in [0.25, 0.3) is 0 Å². The molecule has 1 aromatic heterocycles. The third-order valence-electron chi connectivity index (χ3n) is 3.41. The minimum atomic E-state index is 0.0814. The maximum Gasteiger partial charge on any atom is 0.150 e. The van der Waals surface area contributed by atoms with Gasteiger partial charge in [0.1, 0.15) is 5.82 Å². The molecule has 0 aromatic carbocycles. The van der Waals surface area contributed by atoms with Crippen molar-refractivity contribution in [3.05, 3.63) is 11.6 Å². The van der Waals surface area contributed by atoms with Gasteiger partial charge in [-0.1, -0.05) is 41.5 Å². The van der Waals surface area contributed by atoms with Crippen LogP contribution in [0.4, 0.5) is 0 Å². The van der Waals surface area contributed by atoms with E-state index in [1.54, 1.807) is 0 Å². The average molecular weight is 252 g/mol. The quantitative estimate of drug-likeness (QED) is 0.876. The molecule has 0 saturated carbocycles. The van der Waals surface area contributed by atoms with Gasteiger partial charge in [-0.25, -0.2) is 9.67 Å². The molecule has 18 heavy (non-hydrogen) atoms. The summed E-state index contributed by atoms with van der Waals surface area (Å²) < 4.78 is 2.08. The van der Waals surface area contributed by atoms with Gasteiger partial charge in [0.2, 0.25) is 0 Å². The Morgan fingerprint density at radius 3 is 2.17 bits per heavy atom. The molecule has 2 unspecified atom stereocenters. The molecule has 4 heteroatoms. The second-order valence-corrected chi connectivity index (χ2v) is 5.98. The number of rotatable bonds is 5. The first-order valence-electron chi connectivity index (χ1n) is 7.04. The van der Waals surface area contributed by atoms with Gasteiger partial charge < -0.3 is 5.73 Å². The zero-order valence-corrected chi connectivity index (χ0v) is 12.7. The summed E-state index contributed by atoms with van der Waals surface area (Å²) in [6, 6.07) is 0.312. The first kappa shape index (κ1) is 15.2. The van der Waals surface area contributed by atoms with Crippen LogP contribution in [-0.4, -0.2) is 20.8 Å². The van der Waals surface area contributed by atoms with Crippen molar-refractivity contribution in [3.8, 4) is 0 Å². The van der Waals surface area contributed by atoms with Crippen LogP contribution >= 0.6 is 0 Å². The van der Waals surface area contributed by atoms with Crippen LogP contribution in [0.3, 0.4) is 0 Å². The summed E-state index contributed by atoms with van der Waals surface area (Å²) in [5.74, 6) is 1.97. The fourth-order valence-electron chi connectivity index (χ4n) is 2.43. The lowest BCUT2D eigenvalue weighted by atomic mass is 9.81. The number of aromatic nitrogens is 3. The molecule has 2 N–H and O–H groups in total. The van der Waals surface area contributed by atoms with Gasteiger partial charge in [-0.2, -0.15) is 5.10 Å². The normalized spacial score (nSPS) is 15.7. The van der Waals surface area contributed by atoms with E-state index in [1.807, 2.05) is 0 Å². The Labute approximate surface area is 111 Å². The molecule has 2 atom stereocenters. The zero-order valence-electron chi connectivity index (χ0n) is 12.7. The highest BCUT2D eigenvalue weighted by molar-refractivity contribution is 4.99. The van der Waals surface area contributed by atoms with E-state index >= 15 is 0 Å². The van der Waals surface area contributed by atoms with E-state index in [-0.39, 0.29) is 17.5 Å². The van der Waals surface area contributed by atoms with Crippen LogP contribution in [0, 0.1) is 5.41 Å². The highest BCUT2D eigenvalue weighted by Crippen LogP contribution is 2.34. The van der Waals surface area contributed by atoms with Crippen LogP contribution in [0.15, 0.2) is 0 Å². The van der Waals surface area contributed by atoms with Crippen molar-refractivity contribution in [2.24, 2.45) is 11.1 Å². The SMILES string of the molecule is CCc1nc(CC)n(C(C(N)CC)C(C)(C)C)n1. The maximum atomic E-state index is 6.32. The molecule has 0 fully saturated rings. The van der Waals surface area contributed by atoms with Crippen LogP contribution in [0.5, 0.6) is 0 Å². The molecule has 0 radical (unpaired) electrons. The monoisotopic (exact) mass is 252 g/mol. The van der Waals surface area contributed by atoms with E-state index in [4.69, 9.17) is 5.73 Å². The Balaban J connectivity index is 3.24. The molecule has 4 nitrogen and oxygen atoms in total. The van der Waals surface area contributed by atoms with E-state index in [2.05, 4.69) is 56.3 Å². The third kappa shape index (κ3) is 3.10. The standard InChI is InChI=1S/C14H28N4/c1-7-10(15)13(14(4,5)6)18-12(9-3)16-11(8-2)17-18/h10,13H,7-9,15H2,1-6H3. The first-order chi connectivity index (χ1) is 8.35. The van der Waals surface area contributed by atoms with Gasteiger partial charge >= 0.3 is 0 Å². The second kappa shape index (κ2) is 5.83. The molecule has 0 saturated heterocycles. The van der Waals surface area contributed by atoms with E-state index in [0.29, 0.717) is 0 Å². The fraction of sp³-hybridized carbons (Fsp3) is 0.857. The van der Waals surface area contributed by atoms with E-state index in [0.717, 1.165) is 30.9 Å². The number of hydrogen-bond acceptors (Lipinski definition) is 3. The number of aryl methyl sites for hydroxylation is 2.